The fourth-order valence-electron chi connectivity index (χ4n) is 2.89. The Hall–Kier alpha value is -2.88. The molecule has 3 rings (SSSR count). The number of nitrogens with one attached hydrogen (secondary N) is 1. The van der Waals surface area contributed by atoms with Crippen LogP contribution in [0.2, 0.25) is 0 Å². The molecule has 158 valence electrons. The van der Waals surface area contributed by atoms with Crippen LogP contribution in [0.1, 0.15) is 13.8 Å². The number of nitrogens with zero attached hydrogens (tertiary/aromatic N) is 2. The third-order valence-electron chi connectivity index (χ3n) is 4.89. The number of hydrogen-bond donors (Lipinski definition) is 3. The van der Waals surface area contributed by atoms with E-state index in [1.807, 2.05) is 0 Å². The Balaban J connectivity index is 1.99. The van der Waals surface area contributed by atoms with Crippen molar-refractivity contribution in [3.8, 4) is 22.4 Å². The molecule has 0 radical (unpaired) electrons. The second-order valence-electron chi connectivity index (χ2n) is 7.09. The van der Waals surface area contributed by atoms with Crippen molar-refractivity contribution in [3.63, 3.8) is 0 Å². The Morgan fingerprint density at radius 3 is 2.47 bits per heavy atom. The smallest absolute Gasteiger partial charge is 0.241 e. The first-order chi connectivity index (χ1) is 14.2. The normalized spacial score (nSPS) is 13.7. The summed E-state index contributed by atoms with van der Waals surface area (Å²) < 4.78 is 43.3. The van der Waals surface area contributed by atoms with Crippen molar-refractivity contribution in [2.75, 3.05) is 12.3 Å². The minimum Gasteiger partial charge on any atom is -0.396 e. The summed E-state index contributed by atoms with van der Waals surface area (Å²) >= 11 is 0. The number of hydrogen-bond acceptors (Lipinski definition) is 6. The number of sulfonamides is 1. The summed E-state index contributed by atoms with van der Waals surface area (Å²) in [5.41, 5.74) is 6.84. The molecule has 9 heteroatoms. The number of nitrogen functional groups attached to an aromatic ring is 1. The average Bonchev–Trinajstić information content (AvgIpc) is 2.73. The predicted octanol–water partition coefficient (Wildman–Crippen LogP) is 2.83. The zero-order valence-electron chi connectivity index (χ0n) is 16.6. The van der Waals surface area contributed by atoms with E-state index in [-0.39, 0.29) is 28.8 Å². The highest BCUT2D eigenvalue weighted by atomic mass is 32.2. The fraction of sp³-hybridized carbons (Fsp3) is 0.238. The van der Waals surface area contributed by atoms with E-state index in [9.17, 15) is 17.9 Å². The van der Waals surface area contributed by atoms with Gasteiger partial charge in [-0.15, -0.1) is 0 Å². The number of aromatic nitrogens is 2. The molecular formula is C21H23FN4O3S. The van der Waals surface area contributed by atoms with Crippen LogP contribution in [-0.2, 0) is 10.0 Å². The fourth-order valence-corrected chi connectivity index (χ4v) is 4.47. The van der Waals surface area contributed by atoms with Gasteiger partial charge >= 0.3 is 0 Å². The van der Waals surface area contributed by atoms with E-state index in [0.717, 1.165) is 0 Å². The lowest BCUT2D eigenvalue weighted by atomic mass is 10.0. The lowest BCUT2D eigenvalue weighted by molar-refractivity contribution is 0.216. The van der Waals surface area contributed by atoms with Gasteiger partial charge in [0.15, 0.2) is 0 Å². The predicted molar refractivity (Wildman–Crippen MR) is 113 cm³/mol. The van der Waals surface area contributed by atoms with Gasteiger partial charge in [0.2, 0.25) is 10.0 Å². The zero-order chi connectivity index (χ0) is 21.9. The summed E-state index contributed by atoms with van der Waals surface area (Å²) in [5.74, 6) is -0.592. The Morgan fingerprint density at radius 2 is 1.83 bits per heavy atom. The summed E-state index contributed by atoms with van der Waals surface area (Å²) in [7, 11) is -3.89. The number of anilines is 1. The van der Waals surface area contributed by atoms with Crippen molar-refractivity contribution in [1.82, 2.24) is 14.7 Å². The molecule has 0 aliphatic heterocycles. The average molecular weight is 431 g/mol. The molecule has 2 aromatic carbocycles. The standard InChI is InChI=1S/C21H23FN4O3S/c1-13(12-27)14(2)26-30(28,29)20-6-4-3-5-16(20)15-7-8-17(18(22)9-15)19-10-25-21(23)11-24-19/h3-11,13-14,26-27H,12H2,1-2H3,(H2,23,25). The van der Waals surface area contributed by atoms with Gasteiger partial charge in [-0.25, -0.2) is 22.5 Å². The highest BCUT2D eigenvalue weighted by molar-refractivity contribution is 7.89. The number of benzene rings is 2. The van der Waals surface area contributed by atoms with Crippen LogP contribution in [0.4, 0.5) is 10.2 Å². The maximum Gasteiger partial charge on any atom is 0.241 e. The summed E-state index contributed by atoms with van der Waals surface area (Å²) in [6, 6.07) is 10.3. The topological polar surface area (TPSA) is 118 Å². The van der Waals surface area contributed by atoms with E-state index in [0.29, 0.717) is 16.8 Å². The molecule has 0 spiro atoms. The summed E-state index contributed by atoms with van der Waals surface area (Å²) in [5, 5.41) is 9.28. The SMILES string of the molecule is CC(CO)C(C)NS(=O)(=O)c1ccccc1-c1ccc(-c2cnc(N)cn2)c(F)c1. The Labute approximate surface area is 174 Å². The quantitative estimate of drug-likeness (QED) is 0.530. The zero-order valence-corrected chi connectivity index (χ0v) is 17.4. The Morgan fingerprint density at radius 1 is 1.10 bits per heavy atom. The van der Waals surface area contributed by atoms with Gasteiger partial charge in [-0.2, -0.15) is 0 Å². The van der Waals surface area contributed by atoms with Crippen molar-refractivity contribution in [3.05, 3.63) is 60.7 Å². The van der Waals surface area contributed by atoms with Crippen molar-refractivity contribution >= 4 is 15.8 Å². The van der Waals surface area contributed by atoms with Gasteiger partial charge in [-0.05, 0) is 36.6 Å². The first-order valence-corrected chi connectivity index (χ1v) is 10.8. The molecule has 2 unspecified atom stereocenters. The molecule has 7 nitrogen and oxygen atoms in total. The molecule has 4 N–H and O–H groups in total. The van der Waals surface area contributed by atoms with E-state index in [1.165, 1.54) is 30.6 Å². The van der Waals surface area contributed by atoms with E-state index in [4.69, 9.17) is 5.73 Å². The van der Waals surface area contributed by atoms with E-state index >= 15 is 0 Å². The maximum atomic E-state index is 14.8. The van der Waals surface area contributed by atoms with Gasteiger partial charge in [-0.3, -0.25) is 4.98 Å². The van der Waals surface area contributed by atoms with Crippen LogP contribution in [0.15, 0.2) is 59.8 Å². The van der Waals surface area contributed by atoms with E-state index in [1.54, 1.807) is 38.1 Å². The molecule has 3 aromatic rings. The second kappa shape index (κ2) is 8.86. The highest BCUT2D eigenvalue weighted by Crippen LogP contribution is 2.31. The molecule has 0 bridgehead atoms. The van der Waals surface area contributed by atoms with Crippen LogP contribution in [0.5, 0.6) is 0 Å². The monoisotopic (exact) mass is 430 g/mol. The van der Waals surface area contributed by atoms with Crippen molar-refractivity contribution in [1.29, 1.82) is 0 Å². The molecule has 0 fully saturated rings. The van der Waals surface area contributed by atoms with Crippen molar-refractivity contribution in [2.24, 2.45) is 5.92 Å². The van der Waals surface area contributed by atoms with E-state index < -0.39 is 21.9 Å². The molecule has 0 aliphatic rings. The summed E-state index contributed by atoms with van der Waals surface area (Å²) in [4.78, 5) is 8.02. The first kappa shape index (κ1) is 21.8. The maximum absolute atomic E-state index is 14.8. The van der Waals surface area contributed by atoms with Crippen LogP contribution in [-0.4, -0.2) is 36.1 Å². The van der Waals surface area contributed by atoms with Crippen molar-refractivity contribution < 1.29 is 17.9 Å². The van der Waals surface area contributed by atoms with Gasteiger partial charge in [-0.1, -0.05) is 31.2 Å². The molecule has 1 aromatic heterocycles. The molecule has 0 amide bonds. The molecule has 1 heterocycles. The number of nitrogens with two attached hydrogens (primary N) is 1. The number of aliphatic hydroxyl groups is 1. The summed E-state index contributed by atoms with van der Waals surface area (Å²) in [6.07, 6.45) is 2.71. The molecule has 30 heavy (non-hydrogen) atoms. The molecule has 0 saturated heterocycles. The largest absolute Gasteiger partial charge is 0.396 e. The van der Waals surface area contributed by atoms with Crippen LogP contribution < -0.4 is 10.5 Å². The lowest BCUT2D eigenvalue weighted by Crippen LogP contribution is -2.38. The van der Waals surface area contributed by atoms with Crippen molar-refractivity contribution in [2.45, 2.75) is 24.8 Å². The van der Waals surface area contributed by atoms with Gasteiger partial charge in [0.25, 0.3) is 0 Å². The van der Waals surface area contributed by atoms with Gasteiger partial charge in [0.05, 0.1) is 23.0 Å². The second-order valence-corrected chi connectivity index (χ2v) is 8.77. The first-order valence-electron chi connectivity index (χ1n) is 9.33. The van der Waals surface area contributed by atoms with Crippen LogP contribution >= 0.6 is 0 Å². The minimum atomic E-state index is -3.89. The minimum absolute atomic E-state index is 0.0291. The third-order valence-corrected chi connectivity index (χ3v) is 6.50. The molecular weight excluding hydrogens is 407 g/mol. The summed E-state index contributed by atoms with van der Waals surface area (Å²) in [6.45, 7) is 3.28. The van der Waals surface area contributed by atoms with Crippen LogP contribution in [0, 0.1) is 11.7 Å². The lowest BCUT2D eigenvalue weighted by Gasteiger charge is -2.20. The highest BCUT2D eigenvalue weighted by Gasteiger charge is 2.24. The third kappa shape index (κ3) is 4.64. The van der Waals surface area contributed by atoms with E-state index in [2.05, 4.69) is 14.7 Å². The van der Waals surface area contributed by atoms with Gasteiger partial charge in [0, 0.05) is 23.8 Å². The molecule has 0 aliphatic carbocycles. The molecule has 2 atom stereocenters. The number of aliphatic hydroxyl groups excluding tert-OH is 1. The number of rotatable bonds is 7. The van der Waals surface area contributed by atoms with Crippen LogP contribution in [0.3, 0.4) is 0 Å². The Kier molecular flexibility index (Phi) is 6.45. The van der Waals surface area contributed by atoms with Gasteiger partial charge < -0.3 is 10.8 Å². The van der Waals surface area contributed by atoms with Crippen LogP contribution in [0.25, 0.3) is 22.4 Å². The van der Waals surface area contributed by atoms with Gasteiger partial charge in [0.1, 0.15) is 11.6 Å². The Bertz CT molecular complexity index is 1140. The number of halogens is 1. The molecule has 0 saturated carbocycles.